The van der Waals surface area contributed by atoms with Crippen molar-refractivity contribution in [3.05, 3.63) is 37.1 Å². The predicted molar refractivity (Wildman–Crippen MR) is 76.1 cm³/mol. The van der Waals surface area contributed by atoms with Crippen LogP contribution in [0.4, 0.5) is 5.82 Å². The molecule has 0 aromatic carbocycles. The number of aromatic nitrogens is 4. The number of anilines is 1. The maximum Gasteiger partial charge on any atom is 0.165 e. The van der Waals surface area contributed by atoms with Crippen molar-refractivity contribution < 1.29 is 4.42 Å². The zero-order valence-electron chi connectivity index (χ0n) is 11.4. The van der Waals surface area contributed by atoms with E-state index in [0.717, 1.165) is 29.2 Å². The lowest BCUT2D eigenvalue weighted by Gasteiger charge is -2.07. The van der Waals surface area contributed by atoms with Crippen LogP contribution in [0.3, 0.4) is 0 Å². The Kier molecular flexibility index (Phi) is 3.20. The molecule has 20 heavy (non-hydrogen) atoms. The zero-order chi connectivity index (χ0) is 13.9. The highest BCUT2D eigenvalue weighted by molar-refractivity contribution is 5.66. The van der Waals surface area contributed by atoms with Crippen molar-refractivity contribution in [1.29, 1.82) is 0 Å². The van der Waals surface area contributed by atoms with Gasteiger partial charge in [-0.25, -0.2) is 9.97 Å². The van der Waals surface area contributed by atoms with Gasteiger partial charge in [-0.05, 0) is 13.0 Å². The first-order chi connectivity index (χ1) is 9.76. The molecule has 1 N–H and O–H groups in total. The molecular weight excluding hydrogens is 254 g/mol. The van der Waals surface area contributed by atoms with Crippen molar-refractivity contribution in [1.82, 2.24) is 19.7 Å². The number of hydrogen-bond acceptors (Lipinski definition) is 5. The molecule has 0 bridgehead atoms. The van der Waals surface area contributed by atoms with Crippen LogP contribution in [0.5, 0.6) is 0 Å². The summed E-state index contributed by atoms with van der Waals surface area (Å²) >= 11 is 0. The number of nitrogens with zero attached hydrogens (tertiary/aromatic N) is 4. The van der Waals surface area contributed by atoms with Crippen LogP contribution in [0.15, 0.2) is 41.5 Å². The average molecular weight is 269 g/mol. The molecule has 0 aliphatic carbocycles. The maximum absolute atomic E-state index is 5.10. The lowest BCUT2D eigenvalue weighted by molar-refractivity contribution is 0.568. The first-order valence-corrected chi connectivity index (χ1v) is 6.41. The molecule has 3 aromatic heterocycles. The summed E-state index contributed by atoms with van der Waals surface area (Å²) < 4.78 is 6.85. The molecule has 102 valence electrons. The third kappa shape index (κ3) is 2.40. The van der Waals surface area contributed by atoms with Crippen molar-refractivity contribution in [3.8, 4) is 22.6 Å². The zero-order valence-corrected chi connectivity index (χ0v) is 11.4. The molecule has 0 saturated carbocycles. The van der Waals surface area contributed by atoms with E-state index in [-0.39, 0.29) is 0 Å². The Balaban J connectivity index is 2.09. The Morgan fingerprint density at radius 1 is 1.30 bits per heavy atom. The lowest BCUT2D eigenvalue weighted by atomic mass is 10.2. The SMILES string of the molecule is CCNc1cc(-c2cnn(C)c2)nc(-c2ccoc2)n1. The van der Waals surface area contributed by atoms with Gasteiger partial charge in [-0.1, -0.05) is 0 Å². The van der Waals surface area contributed by atoms with Crippen LogP contribution >= 0.6 is 0 Å². The molecule has 0 spiro atoms. The van der Waals surface area contributed by atoms with Crippen LogP contribution in [0.25, 0.3) is 22.6 Å². The van der Waals surface area contributed by atoms with Gasteiger partial charge >= 0.3 is 0 Å². The molecule has 3 rings (SSSR count). The fourth-order valence-electron chi connectivity index (χ4n) is 1.94. The topological polar surface area (TPSA) is 68.8 Å². The highest BCUT2D eigenvalue weighted by atomic mass is 16.3. The molecule has 0 fully saturated rings. The number of aryl methyl sites for hydroxylation is 1. The van der Waals surface area contributed by atoms with Crippen LogP contribution < -0.4 is 5.32 Å². The van der Waals surface area contributed by atoms with Gasteiger partial charge in [-0.15, -0.1) is 0 Å². The third-order valence-corrected chi connectivity index (χ3v) is 2.86. The summed E-state index contributed by atoms with van der Waals surface area (Å²) in [5.74, 6) is 1.42. The first kappa shape index (κ1) is 12.4. The number of hydrogen-bond donors (Lipinski definition) is 1. The Morgan fingerprint density at radius 3 is 2.85 bits per heavy atom. The van der Waals surface area contributed by atoms with Gasteiger partial charge in [0.1, 0.15) is 12.1 Å². The second-order valence-corrected chi connectivity index (χ2v) is 4.41. The standard InChI is InChI=1S/C14H15N5O/c1-3-15-13-6-12(11-7-16-19(2)8-11)17-14(18-13)10-4-5-20-9-10/h4-9H,3H2,1-2H3,(H,15,17,18). The number of rotatable bonds is 4. The van der Waals surface area contributed by atoms with Gasteiger partial charge < -0.3 is 9.73 Å². The van der Waals surface area contributed by atoms with Gasteiger partial charge in [-0.2, -0.15) is 5.10 Å². The van der Waals surface area contributed by atoms with E-state index in [1.807, 2.05) is 32.3 Å². The van der Waals surface area contributed by atoms with Crippen molar-refractivity contribution in [2.75, 3.05) is 11.9 Å². The van der Waals surface area contributed by atoms with Crippen LogP contribution in [-0.2, 0) is 7.05 Å². The van der Waals surface area contributed by atoms with Crippen LogP contribution in [0.2, 0.25) is 0 Å². The molecule has 0 unspecified atom stereocenters. The molecule has 6 nitrogen and oxygen atoms in total. The Labute approximate surface area is 116 Å². The van der Waals surface area contributed by atoms with Gasteiger partial charge in [0.05, 0.1) is 23.7 Å². The molecule has 0 aliphatic heterocycles. The van der Waals surface area contributed by atoms with E-state index in [0.29, 0.717) is 5.82 Å². The fraction of sp³-hybridized carbons (Fsp3) is 0.214. The average Bonchev–Trinajstić information content (AvgIpc) is 3.09. The van der Waals surface area contributed by atoms with E-state index in [4.69, 9.17) is 4.42 Å². The lowest BCUT2D eigenvalue weighted by Crippen LogP contribution is -2.02. The molecule has 3 aromatic rings. The van der Waals surface area contributed by atoms with Gasteiger partial charge in [0, 0.05) is 31.4 Å². The van der Waals surface area contributed by atoms with Gasteiger partial charge in [0.25, 0.3) is 0 Å². The minimum absolute atomic E-state index is 0.635. The van der Waals surface area contributed by atoms with E-state index in [1.165, 1.54) is 0 Å². The molecular formula is C14H15N5O. The summed E-state index contributed by atoms with van der Waals surface area (Å²) in [4.78, 5) is 9.07. The van der Waals surface area contributed by atoms with Crippen molar-refractivity contribution in [2.24, 2.45) is 7.05 Å². The Hall–Kier alpha value is -2.63. The Bertz CT molecular complexity index is 702. The van der Waals surface area contributed by atoms with Gasteiger partial charge in [0.15, 0.2) is 5.82 Å². The molecule has 0 saturated heterocycles. The second-order valence-electron chi connectivity index (χ2n) is 4.41. The molecule has 0 amide bonds. The molecule has 0 atom stereocenters. The van der Waals surface area contributed by atoms with Crippen LogP contribution in [0.1, 0.15) is 6.92 Å². The molecule has 0 aliphatic rings. The van der Waals surface area contributed by atoms with E-state index >= 15 is 0 Å². The monoisotopic (exact) mass is 269 g/mol. The summed E-state index contributed by atoms with van der Waals surface area (Å²) in [7, 11) is 1.88. The second kappa shape index (κ2) is 5.16. The summed E-state index contributed by atoms with van der Waals surface area (Å²) in [6.45, 7) is 2.83. The molecule has 3 heterocycles. The normalized spacial score (nSPS) is 10.7. The quantitative estimate of drug-likeness (QED) is 0.788. The fourth-order valence-corrected chi connectivity index (χ4v) is 1.94. The van der Waals surface area contributed by atoms with Crippen molar-refractivity contribution in [3.63, 3.8) is 0 Å². The minimum Gasteiger partial charge on any atom is -0.472 e. The molecule has 6 heteroatoms. The smallest absolute Gasteiger partial charge is 0.165 e. The summed E-state index contributed by atoms with van der Waals surface area (Å²) in [5.41, 5.74) is 2.65. The van der Waals surface area contributed by atoms with Crippen LogP contribution in [-0.4, -0.2) is 26.3 Å². The van der Waals surface area contributed by atoms with Crippen molar-refractivity contribution >= 4 is 5.82 Å². The third-order valence-electron chi connectivity index (χ3n) is 2.86. The summed E-state index contributed by atoms with van der Waals surface area (Å²) in [5, 5.41) is 7.40. The minimum atomic E-state index is 0.635. The highest BCUT2D eigenvalue weighted by Crippen LogP contribution is 2.24. The van der Waals surface area contributed by atoms with E-state index in [1.54, 1.807) is 23.4 Å². The first-order valence-electron chi connectivity index (χ1n) is 6.41. The van der Waals surface area contributed by atoms with E-state index < -0.39 is 0 Å². The Morgan fingerprint density at radius 2 is 2.20 bits per heavy atom. The van der Waals surface area contributed by atoms with Crippen molar-refractivity contribution in [2.45, 2.75) is 6.92 Å². The maximum atomic E-state index is 5.10. The number of furan rings is 1. The largest absolute Gasteiger partial charge is 0.472 e. The van der Waals surface area contributed by atoms with Crippen LogP contribution in [0, 0.1) is 0 Å². The number of nitrogens with one attached hydrogen (secondary N) is 1. The van der Waals surface area contributed by atoms with Gasteiger partial charge in [-0.3, -0.25) is 4.68 Å². The van der Waals surface area contributed by atoms with E-state index in [9.17, 15) is 0 Å². The predicted octanol–water partition coefficient (Wildman–Crippen LogP) is 2.57. The van der Waals surface area contributed by atoms with Gasteiger partial charge in [0.2, 0.25) is 0 Å². The van der Waals surface area contributed by atoms with E-state index in [2.05, 4.69) is 20.4 Å². The highest BCUT2D eigenvalue weighted by Gasteiger charge is 2.10. The molecule has 0 radical (unpaired) electrons. The summed E-state index contributed by atoms with van der Waals surface area (Å²) in [6.07, 6.45) is 6.97. The summed E-state index contributed by atoms with van der Waals surface area (Å²) in [6, 6.07) is 3.77.